The number of aliphatic hydroxyl groups is 1. The third-order valence-electron chi connectivity index (χ3n) is 4.35. The van der Waals surface area contributed by atoms with Crippen molar-refractivity contribution in [3.63, 3.8) is 0 Å². The summed E-state index contributed by atoms with van der Waals surface area (Å²) in [5, 5.41) is 19.4. The summed E-state index contributed by atoms with van der Waals surface area (Å²) in [6.07, 6.45) is -1.09. The van der Waals surface area contributed by atoms with Crippen LogP contribution >= 0.6 is 0 Å². The summed E-state index contributed by atoms with van der Waals surface area (Å²) in [5.41, 5.74) is -1.11. The van der Waals surface area contributed by atoms with Crippen molar-refractivity contribution in [3.8, 4) is 11.8 Å². The predicted molar refractivity (Wildman–Crippen MR) is 98.8 cm³/mol. The van der Waals surface area contributed by atoms with Crippen LogP contribution in [0.15, 0.2) is 36.9 Å². The summed E-state index contributed by atoms with van der Waals surface area (Å²) in [7, 11) is 0. The van der Waals surface area contributed by atoms with Crippen molar-refractivity contribution in [1.29, 1.82) is 5.26 Å². The highest BCUT2D eigenvalue weighted by Gasteiger charge is 2.57. The molecule has 1 fully saturated rings. The summed E-state index contributed by atoms with van der Waals surface area (Å²) in [6, 6.07) is 8.62. The van der Waals surface area contributed by atoms with E-state index < -0.39 is 29.6 Å². The zero-order valence-electron chi connectivity index (χ0n) is 16.1. The van der Waals surface area contributed by atoms with Gasteiger partial charge < -0.3 is 19.3 Å². The predicted octanol–water partition coefficient (Wildman–Crippen LogP) is 3.04. The smallest absolute Gasteiger partial charge is 0.412 e. The van der Waals surface area contributed by atoms with Gasteiger partial charge in [-0.25, -0.2) is 4.79 Å². The van der Waals surface area contributed by atoms with Crippen molar-refractivity contribution in [3.05, 3.63) is 42.5 Å². The quantitative estimate of drug-likeness (QED) is 0.797. The van der Waals surface area contributed by atoms with Gasteiger partial charge in [0.05, 0.1) is 11.6 Å². The molecule has 146 valence electrons. The molecule has 1 aromatic carbocycles. The number of hydrogen-bond acceptors (Lipinski definition) is 6. The number of hydrogen-bond donors (Lipinski definition) is 1. The monoisotopic (exact) mass is 374 g/mol. The zero-order valence-corrected chi connectivity index (χ0v) is 16.1. The summed E-state index contributed by atoms with van der Waals surface area (Å²) in [5.74, 6) is 0.515. The van der Waals surface area contributed by atoms with Crippen molar-refractivity contribution >= 4 is 6.09 Å². The van der Waals surface area contributed by atoms with Gasteiger partial charge >= 0.3 is 6.09 Å². The molecule has 1 unspecified atom stereocenters. The number of nitriles is 1. The number of ether oxygens (including phenoxy) is 3. The molecule has 7 nitrogen and oxygen atoms in total. The molecule has 0 bridgehead atoms. The molecule has 1 N–H and O–H groups in total. The van der Waals surface area contributed by atoms with Crippen LogP contribution in [0.5, 0.6) is 5.75 Å². The van der Waals surface area contributed by atoms with E-state index in [0.717, 1.165) is 0 Å². The van der Waals surface area contributed by atoms with E-state index in [0.29, 0.717) is 11.3 Å². The van der Waals surface area contributed by atoms with Crippen molar-refractivity contribution in [2.45, 2.75) is 45.8 Å². The first-order valence-corrected chi connectivity index (χ1v) is 8.67. The number of nitrogens with zero attached hydrogens (tertiary/aromatic N) is 2. The molecule has 0 radical (unpaired) electrons. The van der Waals surface area contributed by atoms with E-state index in [4.69, 9.17) is 19.5 Å². The second-order valence-corrected chi connectivity index (χ2v) is 7.72. The van der Waals surface area contributed by atoms with E-state index in [2.05, 4.69) is 6.58 Å². The molecule has 0 spiro atoms. The molecule has 0 saturated carbocycles. The summed E-state index contributed by atoms with van der Waals surface area (Å²) < 4.78 is 16.7. The Hall–Kier alpha value is -2.56. The number of carbonyl (C=O) groups is 1. The molecule has 1 aromatic rings. The van der Waals surface area contributed by atoms with Gasteiger partial charge in [0.15, 0.2) is 6.29 Å². The average molecular weight is 374 g/mol. The van der Waals surface area contributed by atoms with Crippen molar-refractivity contribution in [2.75, 3.05) is 13.2 Å². The van der Waals surface area contributed by atoms with E-state index in [1.54, 1.807) is 31.2 Å². The number of amides is 1. The summed E-state index contributed by atoms with van der Waals surface area (Å²) in [4.78, 5) is 14.1. The fraction of sp³-hybridized carbons (Fsp3) is 0.500. The maximum absolute atomic E-state index is 12.7. The standard InChI is InChI=1S/C20H26N2O5/c1-6-11-25-18(24)22-16(19(2,3)4)27-17(23)20(22,5)13-26-15-9-7-14(12-21)8-10-15/h6-10,16-17,23H,1,11,13H2,2-5H3/t16-,17?,20+/m1/s1. The third kappa shape index (κ3) is 4.41. The molecule has 1 saturated heterocycles. The Labute approximate surface area is 159 Å². The van der Waals surface area contributed by atoms with E-state index >= 15 is 0 Å². The first-order valence-electron chi connectivity index (χ1n) is 8.67. The van der Waals surface area contributed by atoms with Crippen LogP contribution in [0.2, 0.25) is 0 Å². The fourth-order valence-electron chi connectivity index (χ4n) is 2.81. The highest BCUT2D eigenvalue weighted by Crippen LogP contribution is 2.40. The maximum atomic E-state index is 12.7. The SMILES string of the molecule is C=CCOC(=O)N1[C@@H](C(C)(C)C)OC(O)[C@]1(C)COc1ccc(C#N)cc1. The first kappa shape index (κ1) is 20.7. The molecular weight excluding hydrogens is 348 g/mol. The Balaban J connectivity index is 2.26. The van der Waals surface area contributed by atoms with Gasteiger partial charge in [-0.1, -0.05) is 33.4 Å². The Kier molecular flexibility index (Phi) is 6.14. The molecule has 0 aliphatic carbocycles. The molecular formula is C20H26N2O5. The number of rotatable bonds is 5. The van der Waals surface area contributed by atoms with Gasteiger partial charge in [-0.3, -0.25) is 4.90 Å². The van der Waals surface area contributed by atoms with Crippen LogP contribution < -0.4 is 4.74 Å². The van der Waals surface area contributed by atoms with Crippen LogP contribution in [0.3, 0.4) is 0 Å². The Morgan fingerprint density at radius 1 is 1.44 bits per heavy atom. The minimum atomic E-state index is -1.25. The molecule has 2 rings (SSSR count). The Bertz CT molecular complexity index is 719. The molecule has 1 aliphatic heterocycles. The zero-order chi connectivity index (χ0) is 20.2. The van der Waals surface area contributed by atoms with Gasteiger partial charge in [0, 0.05) is 5.41 Å². The lowest BCUT2D eigenvalue weighted by molar-refractivity contribution is -0.139. The van der Waals surface area contributed by atoms with Gasteiger partial charge in [-0.15, -0.1) is 0 Å². The van der Waals surface area contributed by atoms with E-state index in [1.807, 2.05) is 26.8 Å². The van der Waals surface area contributed by atoms with Crippen LogP contribution in [0, 0.1) is 16.7 Å². The second kappa shape index (κ2) is 7.99. The van der Waals surface area contributed by atoms with Gasteiger partial charge in [0.25, 0.3) is 0 Å². The Morgan fingerprint density at radius 2 is 2.07 bits per heavy atom. The second-order valence-electron chi connectivity index (χ2n) is 7.72. The van der Waals surface area contributed by atoms with Crippen LogP contribution in [-0.4, -0.2) is 47.4 Å². The Morgan fingerprint density at radius 3 is 2.59 bits per heavy atom. The van der Waals surface area contributed by atoms with Crippen LogP contribution in [0.1, 0.15) is 33.3 Å². The first-order chi connectivity index (χ1) is 12.6. The molecule has 1 heterocycles. The lowest BCUT2D eigenvalue weighted by atomic mass is 9.91. The number of aliphatic hydroxyl groups excluding tert-OH is 1. The molecule has 3 atom stereocenters. The average Bonchev–Trinajstić information content (AvgIpc) is 2.90. The molecule has 0 aromatic heterocycles. The molecule has 1 amide bonds. The number of carbonyl (C=O) groups excluding carboxylic acids is 1. The van der Waals surface area contributed by atoms with Gasteiger partial charge in [-0.2, -0.15) is 5.26 Å². The van der Waals surface area contributed by atoms with Crippen molar-refractivity contribution < 1.29 is 24.1 Å². The van der Waals surface area contributed by atoms with Crippen molar-refractivity contribution in [1.82, 2.24) is 4.90 Å². The molecule has 7 heteroatoms. The minimum Gasteiger partial charge on any atom is -0.491 e. The largest absolute Gasteiger partial charge is 0.491 e. The van der Waals surface area contributed by atoms with Crippen LogP contribution in [-0.2, 0) is 9.47 Å². The highest BCUT2D eigenvalue weighted by atomic mass is 16.7. The van der Waals surface area contributed by atoms with E-state index in [1.165, 1.54) is 11.0 Å². The topological polar surface area (TPSA) is 92.0 Å². The van der Waals surface area contributed by atoms with Crippen molar-refractivity contribution in [2.24, 2.45) is 5.41 Å². The minimum absolute atomic E-state index is 0.0180. The normalized spacial score (nSPS) is 25.0. The van der Waals surface area contributed by atoms with Crippen LogP contribution in [0.25, 0.3) is 0 Å². The van der Waals surface area contributed by atoms with Gasteiger partial charge in [0.1, 0.15) is 30.7 Å². The van der Waals surface area contributed by atoms with Gasteiger partial charge in [0.2, 0.25) is 0 Å². The maximum Gasteiger partial charge on any atom is 0.412 e. The number of benzene rings is 1. The van der Waals surface area contributed by atoms with Gasteiger partial charge in [-0.05, 0) is 31.2 Å². The highest BCUT2D eigenvalue weighted by molar-refractivity contribution is 5.70. The third-order valence-corrected chi connectivity index (χ3v) is 4.35. The summed E-state index contributed by atoms with van der Waals surface area (Å²) in [6.45, 7) is 11.0. The van der Waals surface area contributed by atoms with E-state index in [-0.39, 0.29) is 13.2 Å². The lowest BCUT2D eigenvalue weighted by Gasteiger charge is -2.39. The fourth-order valence-corrected chi connectivity index (χ4v) is 2.81. The lowest BCUT2D eigenvalue weighted by Crippen LogP contribution is -2.58. The summed E-state index contributed by atoms with van der Waals surface area (Å²) >= 11 is 0. The molecule has 1 aliphatic rings. The van der Waals surface area contributed by atoms with E-state index in [9.17, 15) is 9.90 Å². The van der Waals surface area contributed by atoms with Crippen LogP contribution in [0.4, 0.5) is 4.79 Å². The molecule has 27 heavy (non-hydrogen) atoms.